The van der Waals surface area contributed by atoms with Gasteiger partial charge in [-0.2, -0.15) is 0 Å². The number of aryl methyl sites for hydroxylation is 1. The Morgan fingerprint density at radius 1 is 1.25 bits per heavy atom. The van der Waals surface area contributed by atoms with Crippen LogP contribution < -0.4 is 0 Å². The third-order valence-electron chi connectivity index (χ3n) is 3.26. The molecular weight excluding hydrogens is 196 g/mol. The predicted molar refractivity (Wildman–Crippen MR) is 66.4 cm³/mol. The van der Waals surface area contributed by atoms with Gasteiger partial charge in [-0.25, -0.2) is 0 Å². The van der Waals surface area contributed by atoms with Crippen molar-refractivity contribution in [2.75, 3.05) is 0 Å². The van der Waals surface area contributed by atoms with Gasteiger partial charge in [-0.3, -0.25) is 4.79 Å². The molecule has 16 heavy (non-hydrogen) atoms. The van der Waals surface area contributed by atoms with Crippen molar-refractivity contribution in [2.24, 2.45) is 0 Å². The molecule has 0 aliphatic heterocycles. The van der Waals surface area contributed by atoms with Gasteiger partial charge in [0.25, 0.3) is 0 Å². The van der Waals surface area contributed by atoms with E-state index in [1.54, 1.807) is 0 Å². The zero-order chi connectivity index (χ0) is 11.4. The third-order valence-corrected chi connectivity index (χ3v) is 3.26. The van der Waals surface area contributed by atoms with Crippen LogP contribution in [0.2, 0.25) is 0 Å². The molecule has 0 atom stereocenters. The minimum Gasteiger partial charge on any atom is -0.294 e. The zero-order valence-electron chi connectivity index (χ0n) is 9.83. The molecule has 2 rings (SSSR count). The Kier molecular flexibility index (Phi) is 3.55. The van der Waals surface area contributed by atoms with Gasteiger partial charge in [0.15, 0.2) is 5.78 Å². The van der Waals surface area contributed by atoms with Gasteiger partial charge >= 0.3 is 0 Å². The van der Waals surface area contributed by atoms with Crippen molar-refractivity contribution in [2.45, 2.75) is 39.0 Å². The van der Waals surface area contributed by atoms with E-state index in [0.717, 1.165) is 18.4 Å². The SMILES string of the molecule is Cc1ccccc1CC(=O)C1=CCCCC1. The van der Waals surface area contributed by atoms with Gasteiger partial charge < -0.3 is 0 Å². The van der Waals surface area contributed by atoms with Crippen molar-refractivity contribution in [1.82, 2.24) is 0 Å². The Morgan fingerprint density at radius 2 is 2.06 bits per heavy atom. The van der Waals surface area contributed by atoms with E-state index < -0.39 is 0 Å². The van der Waals surface area contributed by atoms with E-state index in [0.29, 0.717) is 12.2 Å². The van der Waals surface area contributed by atoms with Crippen molar-refractivity contribution in [1.29, 1.82) is 0 Å². The number of Topliss-reactive ketones (excluding diaryl/α,β-unsaturated/α-hetero) is 1. The summed E-state index contributed by atoms with van der Waals surface area (Å²) in [6.07, 6.45) is 7.16. The van der Waals surface area contributed by atoms with Crippen molar-refractivity contribution >= 4 is 5.78 Å². The Bertz CT molecular complexity index is 415. The number of rotatable bonds is 3. The summed E-state index contributed by atoms with van der Waals surface area (Å²) < 4.78 is 0. The number of carbonyl (C=O) groups excluding carboxylic acids is 1. The number of hydrogen-bond donors (Lipinski definition) is 0. The number of hydrogen-bond acceptors (Lipinski definition) is 1. The fourth-order valence-corrected chi connectivity index (χ4v) is 2.19. The van der Waals surface area contributed by atoms with E-state index in [9.17, 15) is 4.79 Å². The van der Waals surface area contributed by atoms with Crippen LogP contribution in [-0.2, 0) is 11.2 Å². The van der Waals surface area contributed by atoms with E-state index in [-0.39, 0.29) is 0 Å². The van der Waals surface area contributed by atoms with Crippen LogP contribution in [0.4, 0.5) is 0 Å². The molecule has 0 spiro atoms. The summed E-state index contributed by atoms with van der Waals surface area (Å²) in [6, 6.07) is 8.14. The van der Waals surface area contributed by atoms with E-state index in [1.807, 2.05) is 12.1 Å². The quantitative estimate of drug-likeness (QED) is 0.751. The largest absolute Gasteiger partial charge is 0.294 e. The molecule has 0 fully saturated rings. The first-order valence-corrected chi connectivity index (χ1v) is 6.04. The molecule has 0 amide bonds. The third kappa shape index (κ3) is 2.60. The maximum Gasteiger partial charge on any atom is 0.162 e. The van der Waals surface area contributed by atoms with Gasteiger partial charge in [0.2, 0.25) is 0 Å². The molecular formula is C15H18O. The molecule has 1 heteroatoms. The standard InChI is InChI=1S/C15H18O/c1-12-7-5-6-10-14(12)11-15(16)13-8-3-2-4-9-13/h5-8,10H,2-4,9,11H2,1H3. The minimum absolute atomic E-state index is 0.314. The fourth-order valence-electron chi connectivity index (χ4n) is 2.19. The minimum atomic E-state index is 0.314. The normalized spacial score (nSPS) is 15.7. The lowest BCUT2D eigenvalue weighted by Gasteiger charge is -2.12. The van der Waals surface area contributed by atoms with E-state index in [2.05, 4.69) is 25.1 Å². The van der Waals surface area contributed by atoms with Crippen LogP contribution in [0.3, 0.4) is 0 Å². The maximum absolute atomic E-state index is 12.1. The highest BCUT2D eigenvalue weighted by molar-refractivity contribution is 5.97. The fraction of sp³-hybridized carbons (Fsp3) is 0.400. The summed E-state index contributed by atoms with van der Waals surface area (Å²) in [5, 5.41) is 0. The van der Waals surface area contributed by atoms with Crippen molar-refractivity contribution in [3.8, 4) is 0 Å². The molecule has 0 unspecified atom stereocenters. The number of allylic oxidation sites excluding steroid dienone is 2. The average Bonchev–Trinajstić information content (AvgIpc) is 2.33. The summed E-state index contributed by atoms with van der Waals surface area (Å²) in [5.41, 5.74) is 3.43. The zero-order valence-corrected chi connectivity index (χ0v) is 9.83. The average molecular weight is 214 g/mol. The first kappa shape index (κ1) is 11.1. The molecule has 1 nitrogen and oxygen atoms in total. The Morgan fingerprint density at radius 3 is 2.75 bits per heavy atom. The first-order chi connectivity index (χ1) is 7.77. The van der Waals surface area contributed by atoms with Gasteiger partial charge in [-0.05, 0) is 49.3 Å². The molecule has 1 aromatic rings. The van der Waals surface area contributed by atoms with Crippen LogP contribution in [0.1, 0.15) is 36.8 Å². The van der Waals surface area contributed by atoms with Gasteiger partial charge in [0.1, 0.15) is 0 Å². The van der Waals surface area contributed by atoms with E-state index in [1.165, 1.54) is 24.0 Å². The first-order valence-electron chi connectivity index (χ1n) is 6.04. The van der Waals surface area contributed by atoms with E-state index >= 15 is 0 Å². The van der Waals surface area contributed by atoms with Gasteiger partial charge in [0.05, 0.1) is 0 Å². The van der Waals surface area contributed by atoms with Gasteiger partial charge in [-0.15, -0.1) is 0 Å². The van der Waals surface area contributed by atoms with Gasteiger partial charge in [0, 0.05) is 6.42 Å². The smallest absolute Gasteiger partial charge is 0.162 e. The molecule has 0 saturated carbocycles. The summed E-state index contributed by atoms with van der Waals surface area (Å²) in [6.45, 7) is 2.07. The summed E-state index contributed by atoms with van der Waals surface area (Å²) >= 11 is 0. The molecule has 0 radical (unpaired) electrons. The highest BCUT2D eigenvalue weighted by Gasteiger charge is 2.13. The van der Waals surface area contributed by atoms with Crippen LogP contribution in [0.15, 0.2) is 35.9 Å². The highest BCUT2D eigenvalue weighted by atomic mass is 16.1. The second-order valence-electron chi connectivity index (χ2n) is 4.50. The van der Waals surface area contributed by atoms with Crippen molar-refractivity contribution in [3.05, 3.63) is 47.0 Å². The van der Waals surface area contributed by atoms with Crippen LogP contribution in [0.5, 0.6) is 0 Å². The maximum atomic E-state index is 12.1. The molecule has 0 bridgehead atoms. The lowest BCUT2D eigenvalue weighted by molar-refractivity contribution is -0.115. The molecule has 1 aliphatic rings. The number of ketones is 1. The van der Waals surface area contributed by atoms with Crippen LogP contribution in [0, 0.1) is 6.92 Å². The Hall–Kier alpha value is -1.37. The summed E-state index contributed by atoms with van der Waals surface area (Å²) in [7, 11) is 0. The number of benzene rings is 1. The molecule has 0 heterocycles. The lowest BCUT2D eigenvalue weighted by Crippen LogP contribution is -2.09. The van der Waals surface area contributed by atoms with Crippen molar-refractivity contribution in [3.63, 3.8) is 0 Å². The van der Waals surface area contributed by atoms with E-state index in [4.69, 9.17) is 0 Å². The molecule has 84 valence electrons. The lowest BCUT2D eigenvalue weighted by atomic mass is 9.92. The predicted octanol–water partition coefficient (Wildman–Crippen LogP) is 3.61. The highest BCUT2D eigenvalue weighted by Crippen LogP contribution is 2.20. The second kappa shape index (κ2) is 5.11. The van der Waals surface area contributed by atoms with Crippen molar-refractivity contribution < 1.29 is 4.79 Å². The monoisotopic (exact) mass is 214 g/mol. The van der Waals surface area contributed by atoms with Crippen LogP contribution >= 0.6 is 0 Å². The molecule has 1 aromatic carbocycles. The Balaban J connectivity index is 2.07. The molecule has 1 aliphatic carbocycles. The van der Waals surface area contributed by atoms with Crippen LogP contribution in [0.25, 0.3) is 0 Å². The topological polar surface area (TPSA) is 17.1 Å². The number of carbonyl (C=O) groups is 1. The molecule has 0 saturated heterocycles. The molecule has 0 aromatic heterocycles. The van der Waals surface area contributed by atoms with Gasteiger partial charge in [-0.1, -0.05) is 30.3 Å². The van der Waals surface area contributed by atoms with Crippen LogP contribution in [-0.4, -0.2) is 5.78 Å². The molecule has 0 N–H and O–H groups in total. The Labute approximate surface area is 97.2 Å². The summed E-state index contributed by atoms with van der Waals surface area (Å²) in [4.78, 5) is 12.1. The summed E-state index contributed by atoms with van der Waals surface area (Å²) in [5.74, 6) is 0.314. The second-order valence-corrected chi connectivity index (χ2v) is 4.50.